The van der Waals surface area contributed by atoms with Gasteiger partial charge in [-0.15, -0.1) is 0 Å². The Kier molecular flexibility index (Phi) is 9.04. The summed E-state index contributed by atoms with van der Waals surface area (Å²) in [5.74, 6) is 1.12. The Bertz CT molecular complexity index is 1600. The van der Waals surface area contributed by atoms with E-state index in [4.69, 9.17) is 4.98 Å². The average molecular weight is 574 g/mol. The van der Waals surface area contributed by atoms with Gasteiger partial charge in [-0.1, -0.05) is 42.5 Å². The topological polar surface area (TPSA) is 79.2 Å². The highest BCUT2D eigenvalue weighted by atomic mass is 16.2. The van der Waals surface area contributed by atoms with Crippen LogP contribution in [-0.2, 0) is 6.54 Å². The second-order valence-corrected chi connectivity index (χ2v) is 11.4. The molecule has 1 unspecified atom stereocenters. The number of anilines is 1. The number of carbonyl (C=O) groups is 1. The zero-order valence-corrected chi connectivity index (χ0v) is 24.7. The molecule has 1 aliphatic rings. The van der Waals surface area contributed by atoms with Crippen LogP contribution in [0.3, 0.4) is 0 Å². The number of benzene rings is 2. The number of likely N-dealkylation sites (N-methyl/N-ethyl adjacent to an activating group) is 1. The zero-order valence-electron chi connectivity index (χ0n) is 24.7. The van der Waals surface area contributed by atoms with Gasteiger partial charge in [0.2, 0.25) is 5.95 Å². The van der Waals surface area contributed by atoms with E-state index >= 15 is 0 Å². The molecule has 220 valence electrons. The Morgan fingerprint density at radius 3 is 2.37 bits per heavy atom. The molecule has 8 nitrogen and oxygen atoms in total. The minimum Gasteiger partial charge on any atom is -0.353 e. The number of amides is 1. The molecule has 0 bridgehead atoms. The Labute approximate surface area is 253 Å². The van der Waals surface area contributed by atoms with Gasteiger partial charge in [-0.2, -0.15) is 0 Å². The molecule has 1 amide bonds. The number of carbonyl (C=O) groups excluding carboxylic acids is 1. The number of imidazole rings is 1. The summed E-state index contributed by atoms with van der Waals surface area (Å²) in [4.78, 5) is 31.6. The monoisotopic (exact) mass is 573 g/mol. The molecular weight excluding hydrogens is 534 g/mol. The molecule has 6 rings (SSSR count). The highest BCUT2D eigenvalue weighted by molar-refractivity contribution is 5.94. The van der Waals surface area contributed by atoms with Crippen LogP contribution >= 0.6 is 0 Å². The first-order valence-electron chi connectivity index (χ1n) is 15.2. The molecule has 0 spiro atoms. The Morgan fingerprint density at radius 2 is 1.63 bits per heavy atom. The number of para-hydroxylation sites is 2. The lowest BCUT2D eigenvalue weighted by molar-refractivity contribution is 0.0781. The molecule has 0 radical (unpaired) electrons. The van der Waals surface area contributed by atoms with Crippen molar-refractivity contribution in [2.24, 2.45) is 0 Å². The smallest absolute Gasteiger partial charge is 0.253 e. The van der Waals surface area contributed by atoms with E-state index in [0.717, 1.165) is 67.3 Å². The molecule has 1 N–H and O–H groups in total. The van der Waals surface area contributed by atoms with Gasteiger partial charge < -0.3 is 19.7 Å². The summed E-state index contributed by atoms with van der Waals surface area (Å²) in [5.41, 5.74) is 4.88. The molecule has 1 saturated heterocycles. The lowest BCUT2D eigenvalue weighted by Gasteiger charge is -2.34. The highest BCUT2D eigenvalue weighted by Crippen LogP contribution is 2.25. The lowest BCUT2D eigenvalue weighted by Crippen LogP contribution is -2.41. The van der Waals surface area contributed by atoms with Gasteiger partial charge in [-0.25, -0.2) is 4.98 Å². The number of aromatic nitrogens is 4. The van der Waals surface area contributed by atoms with Crippen molar-refractivity contribution in [1.82, 2.24) is 29.3 Å². The minimum atomic E-state index is 0.0440. The molecular formula is C35H39N7O. The van der Waals surface area contributed by atoms with Gasteiger partial charge in [0.15, 0.2) is 0 Å². The van der Waals surface area contributed by atoms with E-state index in [0.29, 0.717) is 24.7 Å². The number of hydrogen-bond donors (Lipinski definition) is 1. The first kappa shape index (κ1) is 28.6. The van der Waals surface area contributed by atoms with Gasteiger partial charge in [0, 0.05) is 62.3 Å². The van der Waals surface area contributed by atoms with E-state index in [1.165, 1.54) is 0 Å². The van der Waals surface area contributed by atoms with Gasteiger partial charge in [-0.05, 0) is 74.3 Å². The number of nitrogens with zero attached hydrogens (tertiary/aromatic N) is 6. The van der Waals surface area contributed by atoms with Crippen LogP contribution in [0.5, 0.6) is 0 Å². The Hall–Kier alpha value is -4.56. The second-order valence-electron chi connectivity index (χ2n) is 11.4. The first-order chi connectivity index (χ1) is 21.1. The molecule has 0 aliphatic carbocycles. The maximum Gasteiger partial charge on any atom is 0.253 e. The average Bonchev–Trinajstić information content (AvgIpc) is 3.40. The summed E-state index contributed by atoms with van der Waals surface area (Å²) in [7, 11) is 1.89. The molecule has 8 heteroatoms. The van der Waals surface area contributed by atoms with Crippen LogP contribution in [0.2, 0.25) is 0 Å². The highest BCUT2D eigenvalue weighted by Gasteiger charge is 2.24. The van der Waals surface area contributed by atoms with E-state index in [-0.39, 0.29) is 11.8 Å². The zero-order chi connectivity index (χ0) is 29.4. The maximum atomic E-state index is 13.1. The Balaban J connectivity index is 1.07. The third-order valence-corrected chi connectivity index (χ3v) is 8.38. The van der Waals surface area contributed by atoms with Crippen molar-refractivity contribution in [3.8, 4) is 0 Å². The number of nitrogens with one attached hydrogen (secondary N) is 1. The van der Waals surface area contributed by atoms with Crippen molar-refractivity contribution in [1.29, 1.82) is 0 Å². The van der Waals surface area contributed by atoms with E-state index in [1.54, 1.807) is 0 Å². The normalized spacial score (nSPS) is 14.9. The second kappa shape index (κ2) is 13.6. The molecule has 43 heavy (non-hydrogen) atoms. The fourth-order valence-corrected chi connectivity index (χ4v) is 5.99. The first-order valence-corrected chi connectivity index (χ1v) is 15.2. The van der Waals surface area contributed by atoms with E-state index < -0.39 is 0 Å². The van der Waals surface area contributed by atoms with Gasteiger partial charge in [0.05, 0.1) is 23.3 Å². The van der Waals surface area contributed by atoms with Crippen LogP contribution in [0.25, 0.3) is 11.0 Å². The quantitative estimate of drug-likeness (QED) is 0.219. The summed E-state index contributed by atoms with van der Waals surface area (Å²) in [5, 5.41) is 3.77. The van der Waals surface area contributed by atoms with Crippen molar-refractivity contribution in [2.75, 3.05) is 38.5 Å². The van der Waals surface area contributed by atoms with Crippen LogP contribution < -0.4 is 5.32 Å². The van der Waals surface area contributed by atoms with Gasteiger partial charge in [0.1, 0.15) is 0 Å². The van der Waals surface area contributed by atoms with Crippen molar-refractivity contribution >= 4 is 22.9 Å². The van der Waals surface area contributed by atoms with Crippen molar-refractivity contribution in [2.45, 2.75) is 37.8 Å². The lowest BCUT2D eigenvalue weighted by atomic mass is 9.98. The predicted molar refractivity (Wildman–Crippen MR) is 171 cm³/mol. The number of piperidine rings is 1. The third-order valence-electron chi connectivity index (χ3n) is 8.38. The molecule has 2 aromatic carbocycles. The summed E-state index contributed by atoms with van der Waals surface area (Å²) >= 11 is 0. The van der Waals surface area contributed by atoms with E-state index in [2.05, 4.69) is 55.1 Å². The van der Waals surface area contributed by atoms with Crippen molar-refractivity contribution in [3.05, 3.63) is 120 Å². The summed E-state index contributed by atoms with van der Waals surface area (Å²) < 4.78 is 2.24. The SMILES string of the molecule is CN(CC(CCN1CCC(Nc2nc3ccccc3n2Cc2ccccn2)CC1)c1ccccn1)C(=O)c1ccccc1. The van der Waals surface area contributed by atoms with Crippen LogP contribution in [0.1, 0.15) is 46.9 Å². The van der Waals surface area contributed by atoms with Crippen molar-refractivity contribution in [3.63, 3.8) is 0 Å². The van der Waals surface area contributed by atoms with E-state index in [1.807, 2.05) is 85.0 Å². The van der Waals surface area contributed by atoms with Crippen LogP contribution in [0.15, 0.2) is 103 Å². The molecule has 4 heterocycles. The largest absolute Gasteiger partial charge is 0.353 e. The minimum absolute atomic E-state index is 0.0440. The number of rotatable bonds is 11. The molecule has 1 aliphatic heterocycles. The molecule has 1 fully saturated rings. The standard InChI is InChI=1S/C35H39N7O/c1-40(34(43)27-11-3-2-4-12-27)25-28(31-14-8-10-21-37-31)17-22-41-23-18-29(19-24-41)38-35-39-32-15-5-6-16-33(32)42(35)26-30-13-7-9-20-36-30/h2-16,20-21,28-29H,17-19,22-26H2,1H3,(H,38,39). The van der Waals surface area contributed by atoms with Gasteiger partial charge >= 0.3 is 0 Å². The summed E-state index contributed by atoms with van der Waals surface area (Å²) in [6, 6.07) is 30.3. The predicted octanol–water partition coefficient (Wildman–Crippen LogP) is 5.70. The number of hydrogen-bond acceptors (Lipinski definition) is 6. The van der Waals surface area contributed by atoms with Gasteiger partial charge in [0.25, 0.3) is 5.91 Å². The maximum absolute atomic E-state index is 13.1. The Morgan fingerprint density at radius 1 is 0.907 bits per heavy atom. The number of likely N-dealkylation sites (tertiary alicyclic amines) is 1. The molecule has 5 aromatic rings. The fraction of sp³-hybridized carbons (Fsp3) is 0.314. The van der Waals surface area contributed by atoms with Crippen LogP contribution in [-0.4, -0.2) is 74.5 Å². The molecule has 3 aromatic heterocycles. The summed E-state index contributed by atoms with van der Waals surface area (Å²) in [6.45, 7) is 4.32. The van der Waals surface area contributed by atoms with Crippen LogP contribution in [0.4, 0.5) is 5.95 Å². The van der Waals surface area contributed by atoms with Crippen molar-refractivity contribution < 1.29 is 4.79 Å². The summed E-state index contributed by atoms with van der Waals surface area (Å²) in [6.07, 6.45) is 6.73. The third kappa shape index (κ3) is 7.09. The van der Waals surface area contributed by atoms with Gasteiger partial charge in [-0.3, -0.25) is 14.8 Å². The van der Waals surface area contributed by atoms with Crippen LogP contribution in [0, 0.1) is 0 Å². The molecule has 1 atom stereocenters. The van der Waals surface area contributed by atoms with E-state index in [9.17, 15) is 4.79 Å². The number of pyridine rings is 2. The molecule has 0 saturated carbocycles. The fourth-order valence-electron chi connectivity index (χ4n) is 5.99. The number of fused-ring (bicyclic) bond motifs is 1.